The second-order valence-electron chi connectivity index (χ2n) is 4.89. The molecule has 1 unspecified atom stereocenters. The first-order chi connectivity index (χ1) is 9.65. The Kier molecular flexibility index (Phi) is 3.06. The minimum atomic E-state index is -0.247. The zero-order valence-electron chi connectivity index (χ0n) is 11.0. The highest BCUT2D eigenvalue weighted by Crippen LogP contribution is 2.27. The highest BCUT2D eigenvalue weighted by atomic mass is 16.2. The van der Waals surface area contributed by atoms with Gasteiger partial charge in [-0.25, -0.2) is 5.43 Å². The lowest BCUT2D eigenvalue weighted by Gasteiger charge is -2.26. The molecular formula is C14H14N4O2. The minimum absolute atomic E-state index is 0.113. The Hall–Kier alpha value is -2.50. The van der Waals surface area contributed by atoms with Crippen molar-refractivity contribution in [2.24, 2.45) is 10.2 Å². The molecule has 0 saturated carbocycles. The van der Waals surface area contributed by atoms with E-state index in [0.29, 0.717) is 12.3 Å². The largest absolute Gasteiger partial charge is 0.273 e. The van der Waals surface area contributed by atoms with Gasteiger partial charge in [-0.3, -0.25) is 9.59 Å². The van der Waals surface area contributed by atoms with Crippen molar-refractivity contribution in [3.63, 3.8) is 0 Å². The number of hydrogen-bond donors (Lipinski definition) is 1. The molecule has 0 aromatic heterocycles. The predicted octanol–water partition coefficient (Wildman–Crippen LogP) is 1.21. The Morgan fingerprint density at radius 1 is 1.25 bits per heavy atom. The summed E-state index contributed by atoms with van der Waals surface area (Å²) in [7, 11) is 0. The molecule has 0 aliphatic carbocycles. The lowest BCUT2D eigenvalue weighted by Crippen LogP contribution is -2.41. The third-order valence-corrected chi connectivity index (χ3v) is 3.33. The second-order valence-corrected chi connectivity index (χ2v) is 4.89. The fourth-order valence-corrected chi connectivity index (χ4v) is 2.40. The van der Waals surface area contributed by atoms with E-state index in [2.05, 4.69) is 15.6 Å². The number of hydrazone groups is 2. The van der Waals surface area contributed by atoms with Crippen molar-refractivity contribution in [2.75, 3.05) is 0 Å². The van der Waals surface area contributed by atoms with Gasteiger partial charge in [-0.1, -0.05) is 30.3 Å². The molecule has 0 spiro atoms. The van der Waals surface area contributed by atoms with E-state index in [9.17, 15) is 9.59 Å². The van der Waals surface area contributed by atoms with E-state index >= 15 is 0 Å². The molecule has 1 atom stereocenters. The van der Waals surface area contributed by atoms with Gasteiger partial charge >= 0.3 is 0 Å². The Morgan fingerprint density at radius 3 is 2.65 bits per heavy atom. The van der Waals surface area contributed by atoms with Gasteiger partial charge in [0.1, 0.15) is 0 Å². The molecule has 0 radical (unpaired) electrons. The van der Waals surface area contributed by atoms with E-state index in [1.54, 1.807) is 6.92 Å². The summed E-state index contributed by atoms with van der Waals surface area (Å²) in [5, 5.41) is 9.57. The van der Waals surface area contributed by atoms with E-state index in [1.165, 1.54) is 5.01 Å². The van der Waals surface area contributed by atoms with Gasteiger partial charge in [-0.05, 0) is 12.5 Å². The average molecular weight is 270 g/mol. The second kappa shape index (κ2) is 4.88. The first kappa shape index (κ1) is 12.5. The van der Waals surface area contributed by atoms with Crippen LogP contribution in [-0.4, -0.2) is 28.4 Å². The summed E-state index contributed by atoms with van der Waals surface area (Å²) in [6.07, 6.45) is 0.565. The Labute approximate surface area is 116 Å². The third-order valence-electron chi connectivity index (χ3n) is 3.33. The topological polar surface area (TPSA) is 74.1 Å². The number of carbonyl (C=O) groups is 2. The molecule has 0 fully saturated rings. The van der Waals surface area contributed by atoms with Gasteiger partial charge in [0.2, 0.25) is 5.91 Å². The molecule has 2 aliphatic rings. The molecule has 2 amide bonds. The summed E-state index contributed by atoms with van der Waals surface area (Å²) < 4.78 is 0. The molecule has 20 heavy (non-hydrogen) atoms. The molecule has 1 aromatic rings. The van der Waals surface area contributed by atoms with Crippen LogP contribution in [0.25, 0.3) is 0 Å². The minimum Gasteiger partial charge on any atom is -0.273 e. The van der Waals surface area contributed by atoms with Gasteiger partial charge < -0.3 is 0 Å². The van der Waals surface area contributed by atoms with E-state index in [-0.39, 0.29) is 24.2 Å². The summed E-state index contributed by atoms with van der Waals surface area (Å²) in [6.45, 7) is 1.80. The monoisotopic (exact) mass is 270 g/mol. The fraction of sp³-hybridized carbons (Fsp3) is 0.286. The van der Waals surface area contributed by atoms with Crippen LogP contribution < -0.4 is 5.43 Å². The molecule has 6 heteroatoms. The summed E-state index contributed by atoms with van der Waals surface area (Å²) in [5.41, 5.74) is 4.13. The number of nitrogens with zero attached hydrogens (tertiary/aromatic N) is 3. The van der Waals surface area contributed by atoms with Crippen LogP contribution in [0.2, 0.25) is 0 Å². The van der Waals surface area contributed by atoms with Crippen LogP contribution in [0.3, 0.4) is 0 Å². The van der Waals surface area contributed by atoms with Crippen molar-refractivity contribution in [3.8, 4) is 0 Å². The number of amidine groups is 1. The van der Waals surface area contributed by atoms with Crippen LogP contribution in [0.1, 0.15) is 31.2 Å². The first-order valence-corrected chi connectivity index (χ1v) is 6.43. The number of carbonyl (C=O) groups excluding carboxylic acids is 2. The van der Waals surface area contributed by atoms with Crippen molar-refractivity contribution in [1.29, 1.82) is 0 Å². The van der Waals surface area contributed by atoms with Crippen LogP contribution in [0, 0.1) is 0 Å². The van der Waals surface area contributed by atoms with Crippen LogP contribution in [0.5, 0.6) is 0 Å². The van der Waals surface area contributed by atoms with Crippen molar-refractivity contribution in [2.45, 2.75) is 25.7 Å². The first-order valence-electron chi connectivity index (χ1n) is 6.43. The van der Waals surface area contributed by atoms with Gasteiger partial charge in [0.05, 0.1) is 12.3 Å². The molecule has 102 valence electrons. The lowest BCUT2D eigenvalue weighted by molar-refractivity contribution is -0.126. The molecule has 3 rings (SSSR count). The molecule has 2 heterocycles. The molecule has 1 aromatic carbocycles. The number of amides is 2. The van der Waals surface area contributed by atoms with Gasteiger partial charge in [0.25, 0.3) is 5.91 Å². The quantitative estimate of drug-likeness (QED) is 0.833. The number of rotatable bonds is 1. The normalized spacial score (nSPS) is 22.4. The zero-order valence-corrected chi connectivity index (χ0v) is 11.0. The lowest BCUT2D eigenvalue weighted by atomic mass is 9.93. The standard InChI is InChI=1S/C14H14N4O2/c1-9-7-13(20)18(17-9)14-11(8-12(19)15-16-14)10-5-3-2-4-6-10/h2-6,11H,7-8H2,1H3,(H,15,19). The Bertz CT molecular complexity index is 621. The van der Waals surface area contributed by atoms with Crippen LogP contribution in [0.4, 0.5) is 0 Å². The van der Waals surface area contributed by atoms with Crippen molar-refractivity contribution in [3.05, 3.63) is 35.9 Å². The molecule has 2 aliphatic heterocycles. The third kappa shape index (κ3) is 2.20. The summed E-state index contributed by atoms with van der Waals surface area (Å²) >= 11 is 0. The van der Waals surface area contributed by atoms with E-state index in [4.69, 9.17) is 0 Å². The Balaban J connectivity index is 1.99. The van der Waals surface area contributed by atoms with E-state index in [1.807, 2.05) is 30.3 Å². The molecular weight excluding hydrogens is 256 g/mol. The summed E-state index contributed by atoms with van der Waals surface area (Å²) in [4.78, 5) is 23.6. The Morgan fingerprint density at radius 2 is 2.00 bits per heavy atom. The highest BCUT2D eigenvalue weighted by molar-refractivity contribution is 6.13. The van der Waals surface area contributed by atoms with Gasteiger partial charge in [0.15, 0.2) is 5.84 Å². The maximum atomic E-state index is 12.0. The van der Waals surface area contributed by atoms with E-state index in [0.717, 1.165) is 11.3 Å². The molecule has 0 saturated heterocycles. The average Bonchev–Trinajstić information content (AvgIpc) is 2.78. The summed E-state index contributed by atoms with van der Waals surface area (Å²) in [5.74, 6) is -0.0329. The number of hydrogen-bond acceptors (Lipinski definition) is 4. The SMILES string of the molecule is CC1=NN(C2=NNC(=O)CC2c2ccccc2)C(=O)C1. The smallest absolute Gasteiger partial charge is 0.254 e. The van der Waals surface area contributed by atoms with Crippen LogP contribution in [0.15, 0.2) is 40.5 Å². The van der Waals surface area contributed by atoms with Crippen molar-refractivity contribution in [1.82, 2.24) is 10.4 Å². The molecule has 1 N–H and O–H groups in total. The maximum Gasteiger partial charge on any atom is 0.254 e. The van der Waals surface area contributed by atoms with Gasteiger partial charge in [-0.2, -0.15) is 15.2 Å². The highest BCUT2D eigenvalue weighted by Gasteiger charge is 2.35. The molecule has 0 bridgehead atoms. The van der Waals surface area contributed by atoms with Crippen molar-refractivity contribution < 1.29 is 9.59 Å². The predicted molar refractivity (Wildman–Crippen MR) is 73.9 cm³/mol. The van der Waals surface area contributed by atoms with Gasteiger partial charge in [0, 0.05) is 12.1 Å². The summed E-state index contributed by atoms with van der Waals surface area (Å²) in [6, 6.07) is 9.57. The number of benzene rings is 1. The van der Waals surface area contributed by atoms with Crippen LogP contribution >= 0.6 is 0 Å². The molecule has 6 nitrogen and oxygen atoms in total. The van der Waals surface area contributed by atoms with Crippen LogP contribution in [-0.2, 0) is 9.59 Å². The van der Waals surface area contributed by atoms with Gasteiger partial charge in [-0.15, -0.1) is 0 Å². The maximum absolute atomic E-state index is 12.0. The number of nitrogens with one attached hydrogen (secondary N) is 1. The van der Waals surface area contributed by atoms with E-state index < -0.39 is 0 Å². The zero-order chi connectivity index (χ0) is 14.1. The van der Waals surface area contributed by atoms with Crippen molar-refractivity contribution >= 4 is 23.4 Å². The fourth-order valence-electron chi connectivity index (χ4n) is 2.40.